The van der Waals surface area contributed by atoms with Crippen LogP contribution in [-0.4, -0.2) is 23.3 Å². The lowest BCUT2D eigenvalue weighted by molar-refractivity contribution is -0.277. The molecule has 3 rings (SSSR count). The first-order chi connectivity index (χ1) is 6.83. The monoisotopic (exact) mass is 212 g/mol. The minimum absolute atomic E-state index is 0.0539. The Hall–Kier alpha value is -0.570. The minimum Gasteiger partial charge on any atom is -0.459 e. The lowest BCUT2D eigenvalue weighted by Gasteiger charge is -2.56. The predicted molar refractivity (Wildman–Crippen MR) is 56.5 cm³/mol. The quantitative estimate of drug-likeness (QED) is 0.625. The molecule has 0 aromatic heterocycles. The highest BCUT2D eigenvalue weighted by molar-refractivity contribution is 5.66. The molecule has 2 unspecified atom stereocenters. The fourth-order valence-corrected chi connectivity index (χ4v) is 3.05. The zero-order chi connectivity index (χ0) is 11.3. The Morgan fingerprint density at radius 3 is 2.53 bits per heavy atom. The third kappa shape index (κ3) is 1.78. The fourth-order valence-electron chi connectivity index (χ4n) is 3.05. The third-order valence-electron chi connectivity index (χ3n) is 3.96. The van der Waals surface area contributed by atoms with Crippen molar-refractivity contribution in [3.63, 3.8) is 0 Å². The summed E-state index contributed by atoms with van der Waals surface area (Å²) < 4.78 is 11.5. The number of carbonyl (C=O) groups is 1. The van der Waals surface area contributed by atoms with Crippen molar-refractivity contribution in [1.29, 1.82) is 0 Å². The standard InChI is InChI=1S/C12H20O3/c1-8(13)14-10-7-9-5-6-12(10,4)15-11(9,2)3/h9-10H,5-7H2,1-4H3/t9?,10?,12-/m1/s1. The SMILES string of the molecule is CC(=O)OC1CC2CC[C@@]1(C)OC2(C)C. The van der Waals surface area contributed by atoms with E-state index in [1.54, 1.807) is 0 Å². The van der Waals surface area contributed by atoms with Gasteiger partial charge in [0.15, 0.2) is 0 Å². The molecule has 86 valence electrons. The summed E-state index contributed by atoms with van der Waals surface area (Å²) in [5.41, 5.74) is -0.340. The van der Waals surface area contributed by atoms with E-state index in [1.165, 1.54) is 13.3 Å². The van der Waals surface area contributed by atoms with E-state index in [0.29, 0.717) is 5.92 Å². The number of hydrogen-bond donors (Lipinski definition) is 0. The maximum atomic E-state index is 11.0. The summed E-state index contributed by atoms with van der Waals surface area (Å²) in [6, 6.07) is 0. The zero-order valence-corrected chi connectivity index (χ0v) is 10.0. The van der Waals surface area contributed by atoms with Crippen molar-refractivity contribution in [3.05, 3.63) is 0 Å². The van der Waals surface area contributed by atoms with Gasteiger partial charge in [0.1, 0.15) is 11.7 Å². The van der Waals surface area contributed by atoms with Crippen LogP contribution in [0.15, 0.2) is 0 Å². The van der Waals surface area contributed by atoms with Crippen molar-refractivity contribution < 1.29 is 14.3 Å². The van der Waals surface area contributed by atoms with Gasteiger partial charge in [0.25, 0.3) is 0 Å². The fraction of sp³-hybridized carbons (Fsp3) is 0.917. The first-order valence-corrected chi connectivity index (χ1v) is 5.71. The first-order valence-electron chi connectivity index (χ1n) is 5.71. The predicted octanol–water partition coefficient (Wildman–Crippen LogP) is 2.29. The summed E-state index contributed by atoms with van der Waals surface area (Å²) in [5.74, 6) is 0.318. The van der Waals surface area contributed by atoms with Gasteiger partial charge in [0, 0.05) is 6.92 Å². The van der Waals surface area contributed by atoms with E-state index in [2.05, 4.69) is 20.8 Å². The molecule has 2 bridgehead atoms. The van der Waals surface area contributed by atoms with E-state index >= 15 is 0 Å². The molecule has 0 radical (unpaired) electrons. The van der Waals surface area contributed by atoms with Gasteiger partial charge in [0.2, 0.25) is 0 Å². The summed E-state index contributed by atoms with van der Waals surface area (Å²) in [5, 5.41) is 0. The minimum atomic E-state index is -0.274. The number of fused-ring (bicyclic) bond motifs is 3. The highest BCUT2D eigenvalue weighted by atomic mass is 16.6. The Morgan fingerprint density at radius 1 is 1.40 bits per heavy atom. The van der Waals surface area contributed by atoms with E-state index < -0.39 is 0 Å². The highest BCUT2D eigenvalue weighted by Gasteiger charge is 2.55. The normalized spacial score (nSPS) is 42.7. The summed E-state index contributed by atoms with van der Waals surface area (Å²) in [4.78, 5) is 11.0. The van der Waals surface area contributed by atoms with Crippen LogP contribution < -0.4 is 0 Å². The van der Waals surface area contributed by atoms with Crippen LogP contribution in [0, 0.1) is 5.92 Å². The van der Waals surface area contributed by atoms with Gasteiger partial charge in [-0.2, -0.15) is 0 Å². The number of carbonyl (C=O) groups excluding carboxylic acids is 1. The molecule has 3 heteroatoms. The molecule has 2 saturated heterocycles. The molecule has 0 aromatic carbocycles. The summed E-state index contributed by atoms with van der Waals surface area (Å²) in [6.07, 6.45) is 3.07. The molecule has 0 aromatic rings. The lowest BCUT2D eigenvalue weighted by atomic mass is 9.67. The number of esters is 1. The van der Waals surface area contributed by atoms with Crippen molar-refractivity contribution in [3.8, 4) is 0 Å². The zero-order valence-electron chi connectivity index (χ0n) is 10.0. The van der Waals surface area contributed by atoms with Gasteiger partial charge in [-0.05, 0) is 46.0 Å². The summed E-state index contributed by atoms with van der Waals surface area (Å²) in [6.45, 7) is 7.81. The maximum Gasteiger partial charge on any atom is 0.303 e. The molecule has 15 heavy (non-hydrogen) atoms. The van der Waals surface area contributed by atoms with Crippen molar-refractivity contribution in [2.75, 3.05) is 0 Å². The van der Waals surface area contributed by atoms with Gasteiger partial charge < -0.3 is 9.47 Å². The third-order valence-corrected chi connectivity index (χ3v) is 3.96. The molecular formula is C12H20O3. The Labute approximate surface area is 91.1 Å². The summed E-state index contributed by atoms with van der Waals surface area (Å²) >= 11 is 0. The summed E-state index contributed by atoms with van der Waals surface area (Å²) in [7, 11) is 0. The van der Waals surface area contributed by atoms with Crippen LogP contribution in [0.5, 0.6) is 0 Å². The number of rotatable bonds is 1. The van der Waals surface area contributed by atoms with E-state index in [9.17, 15) is 4.79 Å². The maximum absolute atomic E-state index is 11.0. The largest absolute Gasteiger partial charge is 0.459 e. The van der Waals surface area contributed by atoms with Crippen LogP contribution in [0.2, 0.25) is 0 Å². The molecular weight excluding hydrogens is 192 g/mol. The van der Waals surface area contributed by atoms with Gasteiger partial charge in [-0.25, -0.2) is 0 Å². The molecule has 0 amide bonds. The van der Waals surface area contributed by atoms with Gasteiger partial charge in [-0.3, -0.25) is 4.79 Å². The van der Waals surface area contributed by atoms with Crippen molar-refractivity contribution >= 4 is 5.97 Å². The molecule has 1 saturated carbocycles. The van der Waals surface area contributed by atoms with Crippen molar-refractivity contribution in [2.24, 2.45) is 5.92 Å². The second kappa shape index (κ2) is 3.21. The Kier molecular flexibility index (Phi) is 2.34. The molecule has 3 atom stereocenters. The Bertz CT molecular complexity index is 285. The van der Waals surface area contributed by atoms with E-state index in [0.717, 1.165) is 12.8 Å². The molecule has 2 aliphatic heterocycles. The average Bonchev–Trinajstić information content (AvgIpc) is 2.04. The Morgan fingerprint density at radius 2 is 2.07 bits per heavy atom. The van der Waals surface area contributed by atoms with Crippen LogP contribution in [0.4, 0.5) is 0 Å². The van der Waals surface area contributed by atoms with E-state index in [1.807, 2.05) is 0 Å². The van der Waals surface area contributed by atoms with Crippen LogP contribution in [0.3, 0.4) is 0 Å². The second-order valence-electron chi connectivity index (χ2n) is 5.59. The van der Waals surface area contributed by atoms with Gasteiger partial charge in [0.05, 0.1) is 5.60 Å². The average molecular weight is 212 g/mol. The molecule has 0 N–H and O–H groups in total. The topological polar surface area (TPSA) is 35.5 Å². The van der Waals surface area contributed by atoms with E-state index in [4.69, 9.17) is 9.47 Å². The molecule has 0 spiro atoms. The smallest absolute Gasteiger partial charge is 0.303 e. The van der Waals surface area contributed by atoms with Crippen LogP contribution >= 0.6 is 0 Å². The number of ether oxygens (including phenoxy) is 2. The molecule has 3 fully saturated rings. The Balaban J connectivity index is 2.17. The van der Waals surface area contributed by atoms with Crippen LogP contribution in [0.25, 0.3) is 0 Å². The molecule has 1 aliphatic carbocycles. The number of hydrogen-bond acceptors (Lipinski definition) is 3. The first kappa shape index (κ1) is 10.9. The lowest BCUT2D eigenvalue weighted by Crippen LogP contribution is -2.62. The van der Waals surface area contributed by atoms with Gasteiger partial charge >= 0.3 is 5.97 Å². The van der Waals surface area contributed by atoms with Crippen LogP contribution in [0.1, 0.15) is 47.0 Å². The second-order valence-corrected chi connectivity index (χ2v) is 5.59. The molecule has 3 aliphatic rings. The van der Waals surface area contributed by atoms with Gasteiger partial charge in [-0.15, -0.1) is 0 Å². The van der Waals surface area contributed by atoms with Gasteiger partial charge in [-0.1, -0.05) is 0 Å². The van der Waals surface area contributed by atoms with E-state index in [-0.39, 0.29) is 23.3 Å². The van der Waals surface area contributed by atoms with Crippen molar-refractivity contribution in [2.45, 2.75) is 64.3 Å². The molecule has 3 nitrogen and oxygen atoms in total. The molecule has 2 heterocycles. The van der Waals surface area contributed by atoms with Crippen LogP contribution in [-0.2, 0) is 14.3 Å². The highest BCUT2D eigenvalue weighted by Crippen LogP contribution is 2.50. The van der Waals surface area contributed by atoms with Crippen molar-refractivity contribution in [1.82, 2.24) is 0 Å².